The predicted molar refractivity (Wildman–Crippen MR) is 64.9 cm³/mol. The minimum atomic E-state index is 0.256. The Hall–Kier alpha value is -1.31. The molecule has 1 fully saturated rings. The predicted octanol–water partition coefficient (Wildman–Crippen LogP) is 1.18. The van der Waals surface area contributed by atoms with Crippen molar-refractivity contribution in [2.45, 2.75) is 19.4 Å². The first-order chi connectivity index (χ1) is 7.81. The van der Waals surface area contributed by atoms with Crippen molar-refractivity contribution in [2.24, 2.45) is 5.73 Å². The fourth-order valence-corrected chi connectivity index (χ4v) is 2.61. The van der Waals surface area contributed by atoms with Gasteiger partial charge in [0.25, 0.3) is 0 Å². The first-order valence-corrected chi connectivity index (χ1v) is 6.22. The van der Waals surface area contributed by atoms with Crippen LogP contribution in [0.1, 0.15) is 23.3 Å². The molecular weight excluding hydrogens is 220 g/mol. The molecule has 4 heteroatoms. The summed E-state index contributed by atoms with van der Waals surface area (Å²) in [5.74, 6) is 6.14. The molecule has 16 heavy (non-hydrogen) atoms. The Morgan fingerprint density at radius 1 is 1.56 bits per heavy atom. The molecule has 0 unspecified atom stereocenters. The van der Waals surface area contributed by atoms with Gasteiger partial charge < -0.3 is 10.6 Å². The van der Waals surface area contributed by atoms with Crippen LogP contribution in [0.25, 0.3) is 0 Å². The smallest absolute Gasteiger partial charge is 0.222 e. The number of rotatable bonds is 2. The van der Waals surface area contributed by atoms with E-state index in [1.807, 2.05) is 16.3 Å². The van der Waals surface area contributed by atoms with E-state index in [0.717, 1.165) is 23.4 Å². The molecule has 2 N–H and O–H groups in total. The molecule has 2 rings (SSSR count). The Labute approximate surface area is 99.2 Å². The van der Waals surface area contributed by atoms with Gasteiger partial charge in [0.15, 0.2) is 0 Å². The minimum absolute atomic E-state index is 0.256. The number of carbonyl (C=O) groups is 1. The van der Waals surface area contributed by atoms with Crippen LogP contribution < -0.4 is 5.73 Å². The molecule has 0 radical (unpaired) electrons. The lowest BCUT2D eigenvalue weighted by Gasteiger charge is -2.14. The molecule has 1 aliphatic heterocycles. The first kappa shape index (κ1) is 11.2. The van der Waals surface area contributed by atoms with Gasteiger partial charge in [0.2, 0.25) is 5.91 Å². The zero-order chi connectivity index (χ0) is 11.4. The van der Waals surface area contributed by atoms with Crippen LogP contribution in [0.2, 0.25) is 0 Å². The van der Waals surface area contributed by atoms with Gasteiger partial charge in [-0.15, -0.1) is 11.3 Å². The summed E-state index contributed by atoms with van der Waals surface area (Å²) < 4.78 is 0. The lowest BCUT2D eigenvalue weighted by Crippen LogP contribution is -2.23. The second-order valence-corrected chi connectivity index (χ2v) is 4.68. The van der Waals surface area contributed by atoms with Crippen molar-refractivity contribution >= 4 is 17.2 Å². The molecule has 0 saturated carbocycles. The molecule has 1 amide bonds. The number of likely N-dealkylation sites (tertiary alicyclic amines) is 1. The lowest BCUT2D eigenvalue weighted by molar-refractivity contribution is -0.128. The zero-order valence-corrected chi connectivity index (χ0v) is 9.85. The molecule has 84 valence electrons. The highest BCUT2D eigenvalue weighted by Crippen LogP contribution is 2.21. The van der Waals surface area contributed by atoms with E-state index in [4.69, 9.17) is 5.73 Å². The summed E-state index contributed by atoms with van der Waals surface area (Å²) in [6.45, 7) is 1.95. The SMILES string of the molecule is NCC#Cc1ccsc1CN1CCCC1=O. The number of thiophene rings is 1. The molecule has 0 atom stereocenters. The average Bonchev–Trinajstić information content (AvgIpc) is 2.87. The molecule has 1 aromatic rings. The van der Waals surface area contributed by atoms with Crippen molar-refractivity contribution in [1.82, 2.24) is 4.90 Å². The van der Waals surface area contributed by atoms with Crippen LogP contribution in [0.3, 0.4) is 0 Å². The molecule has 0 spiro atoms. The van der Waals surface area contributed by atoms with Crippen LogP contribution in [0.4, 0.5) is 0 Å². The van der Waals surface area contributed by atoms with Gasteiger partial charge in [0.05, 0.1) is 13.1 Å². The van der Waals surface area contributed by atoms with Gasteiger partial charge in [-0.1, -0.05) is 11.8 Å². The van der Waals surface area contributed by atoms with Crippen molar-refractivity contribution in [3.05, 3.63) is 21.9 Å². The van der Waals surface area contributed by atoms with Crippen molar-refractivity contribution in [3.8, 4) is 11.8 Å². The fourth-order valence-electron chi connectivity index (χ4n) is 1.77. The summed E-state index contributed by atoms with van der Waals surface area (Å²) in [6, 6.07) is 1.99. The van der Waals surface area contributed by atoms with Crippen LogP contribution in [0.5, 0.6) is 0 Å². The van der Waals surface area contributed by atoms with Gasteiger partial charge in [-0.2, -0.15) is 0 Å². The summed E-state index contributed by atoms with van der Waals surface area (Å²) in [6.07, 6.45) is 1.67. The number of hydrogen-bond acceptors (Lipinski definition) is 3. The topological polar surface area (TPSA) is 46.3 Å². The van der Waals surface area contributed by atoms with E-state index in [9.17, 15) is 4.79 Å². The molecular formula is C12H14N2OS. The summed E-state index contributed by atoms with van der Waals surface area (Å²) in [4.78, 5) is 14.6. The Balaban J connectivity index is 2.09. The number of hydrogen-bond donors (Lipinski definition) is 1. The Kier molecular flexibility index (Phi) is 3.60. The molecule has 2 heterocycles. The number of amides is 1. The van der Waals surface area contributed by atoms with Crippen LogP contribution in [0.15, 0.2) is 11.4 Å². The fraction of sp³-hybridized carbons (Fsp3) is 0.417. The second-order valence-electron chi connectivity index (χ2n) is 3.68. The zero-order valence-electron chi connectivity index (χ0n) is 9.03. The van der Waals surface area contributed by atoms with Gasteiger partial charge in [-0.25, -0.2) is 0 Å². The van der Waals surface area contributed by atoms with Crippen LogP contribution in [0, 0.1) is 11.8 Å². The van der Waals surface area contributed by atoms with Crippen LogP contribution >= 0.6 is 11.3 Å². The van der Waals surface area contributed by atoms with E-state index in [1.165, 1.54) is 0 Å². The van der Waals surface area contributed by atoms with Crippen LogP contribution in [-0.2, 0) is 11.3 Å². The molecule has 1 aliphatic rings. The highest BCUT2D eigenvalue weighted by molar-refractivity contribution is 7.10. The van der Waals surface area contributed by atoms with E-state index in [0.29, 0.717) is 19.5 Å². The molecule has 0 aromatic carbocycles. The normalized spacial score (nSPS) is 15.1. The van der Waals surface area contributed by atoms with Gasteiger partial charge in [-0.05, 0) is 17.9 Å². The van der Waals surface area contributed by atoms with E-state index in [1.54, 1.807) is 11.3 Å². The third-order valence-corrected chi connectivity index (χ3v) is 3.48. The van der Waals surface area contributed by atoms with Gasteiger partial charge in [-0.3, -0.25) is 4.79 Å². The summed E-state index contributed by atoms with van der Waals surface area (Å²) in [5.41, 5.74) is 6.36. The molecule has 1 aromatic heterocycles. The molecule has 3 nitrogen and oxygen atoms in total. The quantitative estimate of drug-likeness (QED) is 0.781. The first-order valence-electron chi connectivity index (χ1n) is 5.34. The molecule has 0 aliphatic carbocycles. The summed E-state index contributed by atoms with van der Waals surface area (Å²) in [5, 5.41) is 2.01. The Morgan fingerprint density at radius 3 is 3.12 bits per heavy atom. The third-order valence-electron chi connectivity index (χ3n) is 2.58. The number of nitrogens with two attached hydrogens (primary N) is 1. The molecule has 1 saturated heterocycles. The van der Waals surface area contributed by atoms with Crippen molar-refractivity contribution < 1.29 is 4.79 Å². The maximum atomic E-state index is 11.5. The minimum Gasteiger partial charge on any atom is -0.337 e. The number of nitrogens with zero attached hydrogens (tertiary/aromatic N) is 1. The van der Waals surface area contributed by atoms with E-state index < -0.39 is 0 Å². The number of carbonyl (C=O) groups excluding carboxylic acids is 1. The standard InChI is InChI=1S/C12H14N2OS/c13-6-1-3-10-5-8-16-11(10)9-14-7-2-4-12(14)15/h5,8H,2,4,6-7,9,13H2. The third kappa shape index (κ3) is 2.43. The summed E-state index contributed by atoms with van der Waals surface area (Å²) >= 11 is 1.65. The van der Waals surface area contributed by atoms with E-state index in [-0.39, 0.29) is 5.91 Å². The highest BCUT2D eigenvalue weighted by atomic mass is 32.1. The van der Waals surface area contributed by atoms with Crippen molar-refractivity contribution in [2.75, 3.05) is 13.1 Å². The summed E-state index contributed by atoms with van der Waals surface area (Å²) in [7, 11) is 0. The maximum absolute atomic E-state index is 11.5. The van der Waals surface area contributed by atoms with Gasteiger partial charge >= 0.3 is 0 Å². The average molecular weight is 234 g/mol. The molecule has 0 bridgehead atoms. The lowest BCUT2D eigenvalue weighted by atomic mass is 10.2. The van der Waals surface area contributed by atoms with Gasteiger partial charge in [0, 0.05) is 23.4 Å². The van der Waals surface area contributed by atoms with Crippen molar-refractivity contribution in [1.29, 1.82) is 0 Å². The van der Waals surface area contributed by atoms with E-state index in [2.05, 4.69) is 11.8 Å². The second kappa shape index (κ2) is 5.15. The van der Waals surface area contributed by atoms with Crippen LogP contribution in [-0.4, -0.2) is 23.9 Å². The highest BCUT2D eigenvalue weighted by Gasteiger charge is 2.21. The van der Waals surface area contributed by atoms with Crippen molar-refractivity contribution in [3.63, 3.8) is 0 Å². The Bertz CT molecular complexity index is 441. The largest absolute Gasteiger partial charge is 0.337 e. The van der Waals surface area contributed by atoms with Gasteiger partial charge in [0.1, 0.15) is 0 Å². The maximum Gasteiger partial charge on any atom is 0.222 e. The van der Waals surface area contributed by atoms with E-state index >= 15 is 0 Å². The Morgan fingerprint density at radius 2 is 2.44 bits per heavy atom. The monoisotopic (exact) mass is 234 g/mol.